The molecule has 0 saturated carbocycles. The van der Waals surface area contributed by atoms with Gasteiger partial charge in [0.2, 0.25) is 0 Å². The van der Waals surface area contributed by atoms with E-state index in [9.17, 15) is 28.0 Å². The number of aromatic hydroxyl groups is 1. The van der Waals surface area contributed by atoms with Gasteiger partial charge in [0.1, 0.15) is 5.69 Å². The predicted molar refractivity (Wildman–Crippen MR) is 95.1 cm³/mol. The molecule has 3 aromatic rings. The van der Waals surface area contributed by atoms with E-state index in [-0.39, 0.29) is 45.8 Å². The topological polar surface area (TPSA) is 139 Å². The van der Waals surface area contributed by atoms with Crippen molar-refractivity contribution in [1.29, 1.82) is 0 Å². The Kier molecular flexibility index (Phi) is 6.58. The third-order valence-corrected chi connectivity index (χ3v) is 4.93. The van der Waals surface area contributed by atoms with Crippen LogP contribution in [-0.4, -0.2) is 24.0 Å². The Morgan fingerprint density at radius 3 is 2.39 bits per heavy atom. The van der Waals surface area contributed by atoms with Crippen molar-refractivity contribution >= 4 is 38.2 Å². The first-order valence-electron chi connectivity index (χ1n) is 7.64. The minimum atomic E-state index is -4.44. The Morgan fingerprint density at radius 2 is 1.75 bits per heavy atom. The van der Waals surface area contributed by atoms with E-state index < -0.39 is 27.4 Å². The minimum Gasteiger partial charge on any atom is -0.545 e. The average molecular weight is 408 g/mol. The number of hydrogen-bond donors (Lipinski definition) is 2. The summed E-state index contributed by atoms with van der Waals surface area (Å²) in [5.74, 6) is -2.18. The van der Waals surface area contributed by atoms with Crippen LogP contribution in [0.4, 0.5) is 11.4 Å². The maximum absolute atomic E-state index is 11.4. The predicted octanol–water partition coefficient (Wildman–Crippen LogP) is -0.117. The number of carbonyl (C=O) groups excluding carboxylic acids is 1. The van der Waals surface area contributed by atoms with Gasteiger partial charge in [-0.25, -0.2) is 0 Å². The fourth-order valence-electron chi connectivity index (χ4n) is 2.61. The van der Waals surface area contributed by atoms with Gasteiger partial charge in [-0.1, -0.05) is 30.3 Å². The fourth-order valence-corrected chi connectivity index (χ4v) is 3.36. The number of aryl methyl sites for hydroxylation is 1. The quantitative estimate of drug-likeness (QED) is 0.351. The van der Waals surface area contributed by atoms with Gasteiger partial charge in [-0.3, -0.25) is 4.55 Å². The summed E-state index contributed by atoms with van der Waals surface area (Å²) in [6, 6.07) is 11.9. The van der Waals surface area contributed by atoms with Gasteiger partial charge in [0, 0.05) is 10.9 Å². The minimum absolute atomic E-state index is 0. The Labute approximate surface area is 182 Å². The third kappa shape index (κ3) is 4.40. The van der Waals surface area contributed by atoms with E-state index in [1.54, 1.807) is 24.3 Å². The first kappa shape index (κ1) is 22.0. The molecule has 0 bridgehead atoms. The van der Waals surface area contributed by atoms with Crippen molar-refractivity contribution in [3.05, 3.63) is 59.7 Å². The number of rotatable bonds is 4. The van der Waals surface area contributed by atoms with Crippen LogP contribution in [0, 0.1) is 6.92 Å². The Hall–Kier alpha value is -2.30. The summed E-state index contributed by atoms with van der Waals surface area (Å²) in [5.41, 5.74) is -0.120. The molecule has 0 aliphatic heterocycles. The van der Waals surface area contributed by atoms with Gasteiger partial charge in [-0.05, 0) is 36.1 Å². The van der Waals surface area contributed by atoms with Crippen molar-refractivity contribution in [3.63, 3.8) is 0 Å². The number of carboxylic acid groups (broad SMARTS) is 1. The number of hydrogen-bond acceptors (Lipinski definition) is 7. The summed E-state index contributed by atoms with van der Waals surface area (Å²) in [5, 5.41) is 30.2. The molecule has 0 unspecified atom stereocenters. The largest absolute Gasteiger partial charge is 1.00 e. The summed E-state index contributed by atoms with van der Waals surface area (Å²) in [7, 11) is -4.44. The second kappa shape index (κ2) is 8.38. The van der Waals surface area contributed by atoms with E-state index in [2.05, 4.69) is 10.2 Å². The molecule has 0 aliphatic carbocycles. The van der Waals surface area contributed by atoms with Crippen molar-refractivity contribution in [2.75, 3.05) is 0 Å². The first-order chi connectivity index (χ1) is 12.7. The van der Waals surface area contributed by atoms with Gasteiger partial charge >= 0.3 is 29.6 Å². The zero-order valence-corrected chi connectivity index (χ0v) is 17.8. The number of fused-ring (bicyclic) bond motifs is 1. The molecule has 0 aromatic heterocycles. The Morgan fingerprint density at radius 1 is 1.07 bits per heavy atom. The maximum atomic E-state index is 11.4. The molecule has 0 spiro atoms. The molecule has 2 N–H and O–H groups in total. The first-order valence-corrected chi connectivity index (χ1v) is 9.08. The molecule has 0 amide bonds. The molecular formula is C18H13N2NaO6S. The van der Waals surface area contributed by atoms with Crippen LogP contribution < -0.4 is 34.7 Å². The number of carbonyl (C=O) groups is 1. The number of aromatic carboxylic acids is 1. The van der Waals surface area contributed by atoms with Crippen LogP contribution in [-0.2, 0) is 10.1 Å². The number of benzene rings is 3. The number of azo groups is 1. The van der Waals surface area contributed by atoms with Gasteiger partial charge in [-0.2, -0.15) is 13.5 Å². The second-order valence-electron chi connectivity index (χ2n) is 5.75. The van der Waals surface area contributed by atoms with Gasteiger partial charge in [-0.15, -0.1) is 5.11 Å². The molecule has 28 heavy (non-hydrogen) atoms. The Balaban J connectivity index is 0.00000280. The van der Waals surface area contributed by atoms with Crippen LogP contribution in [0.5, 0.6) is 5.75 Å². The second-order valence-corrected chi connectivity index (χ2v) is 7.14. The molecule has 0 heterocycles. The van der Waals surface area contributed by atoms with E-state index in [4.69, 9.17) is 0 Å². The monoisotopic (exact) mass is 408 g/mol. The number of phenols is 1. The molecule has 0 atom stereocenters. The van der Waals surface area contributed by atoms with E-state index in [1.807, 2.05) is 0 Å². The van der Waals surface area contributed by atoms with Crippen molar-refractivity contribution in [2.45, 2.75) is 11.8 Å². The van der Waals surface area contributed by atoms with E-state index in [0.717, 1.165) is 6.07 Å². The Bertz CT molecular complexity index is 1210. The van der Waals surface area contributed by atoms with Crippen LogP contribution in [0.15, 0.2) is 63.7 Å². The zero-order chi connectivity index (χ0) is 19.8. The van der Waals surface area contributed by atoms with Crippen LogP contribution in [0.25, 0.3) is 10.8 Å². The zero-order valence-electron chi connectivity index (χ0n) is 14.9. The molecule has 0 aliphatic rings. The standard InChI is InChI=1S/C18H14N2O6S.Na/c1-10-6-7-12(9-15(10)27(24,25)26)19-20-16-13-5-3-2-4-11(13)8-14(17(16)21)18(22)23;/h2-9,21H,1H3,(H,22,23)(H,24,25,26);/q;+1/p-1. The van der Waals surface area contributed by atoms with E-state index >= 15 is 0 Å². The van der Waals surface area contributed by atoms with Gasteiger partial charge in [0.25, 0.3) is 10.1 Å². The molecule has 3 aromatic carbocycles. The molecule has 10 heteroatoms. The van der Waals surface area contributed by atoms with Gasteiger partial charge in [0.05, 0.1) is 16.6 Å². The van der Waals surface area contributed by atoms with E-state index in [0.29, 0.717) is 16.3 Å². The fraction of sp³-hybridized carbons (Fsp3) is 0.0556. The molecule has 3 rings (SSSR count). The molecular weight excluding hydrogens is 395 g/mol. The van der Waals surface area contributed by atoms with Crippen molar-refractivity contribution in [2.24, 2.45) is 10.2 Å². The van der Waals surface area contributed by atoms with Crippen LogP contribution in [0.1, 0.15) is 15.9 Å². The van der Waals surface area contributed by atoms with E-state index in [1.165, 1.54) is 25.1 Å². The number of nitrogens with zero attached hydrogens (tertiary/aromatic N) is 2. The summed E-state index contributed by atoms with van der Waals surface area (Å²) in [6.07, 6.45) is 0. The molecule has 8 nitrogen and oxygen atoms in total. The molecule has 0 fully saturated rings. The van der Waals surface area contributed by atoms with Crippen LogP contribution in [0.2, 0.25) is 0 Å². The normalized spacial score (nSPS) is 11.5. The summed E-state index contributed by atoms with van der Waals surface area (Å²) in [6.45, 7) is 1.51. The summed E-state index contributed by atoms with van der Waals surface area (Å²) in [4.78, 5) is 10.9. The maximum Gasteiger partial charge on any atom is 1.00 e. The van der Waals surface area contributed by atoms with Crippen molar-refractivity contribution in [1.82, 2.24) is 0 Å². The molecule has 0 saturated heterocycles. The SMILES string of the molecule is Cc1ccc(N=Nc2c(O)c(C(=O)[O-])cc3ccccc23)cc1S(=O)(=O)O.[Na+]. The van der Waals surface area contributed by atoms with Gasteiger partial charge < -0.3 is 15.0 Å². The van der Waals surface area contributed by atoms with Crippen LogP contribution in [0.3, 0.4) is 0 Å². The van der Waals surface area contributed by atoms with Crippen LogP contribution >= 0.6 is 0 Å². The smallest absolute Gasteiger partial charge is 0.545 e. The molecule has 138 valence electrons. The van der Waals surface area contributed by atoms with Crippen molar-refractivity contribution < 1.29 is 57.5 Å². The summed E-state index contributed by atoms with van der Waals surface area (Å²) >= 11 is 0. The van der Waals surface area contributed by atoms with Gasteiger partial charge in [0.15, 0.2) is 5.75 Å². The molecule has 0 radical (unpaired) electrons. The third-order valence-electron chi connectivity index (χ3n) is 3.93. The number of carboxylic acids is 1. The van der Waals surface area contributed by atoms with Crippen molar-refractivity contribution in [3.8, 4) is 5.75 Å². The average Bonchev–Trinajstić information content (AvgIpc) is 2.60. The summed E-state index contributed by atoms with van der Waals surface area (Å²) < 4.78 is 32.0.